The molecule has 0 aliphatic carbocycles. The number of piperazine rings is 1. The highest BCUT2D eigenvalue weighted by Crippen LogP contribution is 2.51. The summed E-state index contributed by atoms with van der Waals surface area (Å²) in [5, 5.41) is 65.2. The summed E-state index contributed by atoms with van der Waals surface area (Å²) in [5.41, 5.74) is -1.20. The van der Waals surface area contributed by atoms with Crippen LogP contribution >= 0.6 is 0 Å². The lowest BCUT2D eigenvalue weighted by Gasteiger charge is -2.38. The van der Waals surface area contributed by atoms with Crippen molar-refractivity contribution in [3.8, 4) is 23.0 Å². The average molecular weight is 843 g/mol. The number of benzene rings is 2. The maximum atomic E-state index is 16.2. The van der Waals surface area contributed by atoms with E-state index in [1.54, 1.807) is 38.8 Å². The van der Waals surface area contributed by atoms with E-state index in [1.807, 2.05) is 7.05 Å². The number of rotatable bonds is 5. The number of amides is 1. The van der Waals surface area contributed by atoms with E-state index in [2.05, 4.69) is 15.3 Å². The minimum absolute atomic E-state index is 0.0931. The predicted molar refractivity (Wildman–Crippen MR) is 222 cm³/mol. The van der Waals surface area contributed by atoms with Gasteiger partial charge >= 0.3 is 5.97 Å². The molecule has 8 atom stereocenters. The number of hydrogen-bond donors (Lipinski definition) is 6. The summed E-state index contributed by atoms with van der Waals surface area (Å²) in [6.45, 7) is 14.7. The van der Waals surface area contributed by atoms with E-state index >= 15 is 4.39 Å². The van der Waals surface area contributed by atoms with Crippen molar-refractivity contribution in [3.63, 3.8) is 0 Å². The summed E-state index contributed by atoms with van der Waals surface area (Å²) in [6, 6.07) is 0. The highest BCUT2D eigenvalue weighted by atomic mass is 19.1. The lowest BCUT2D eigenvalue weighted by Crippen LogP contribution is -2.46. The first-order valence-electron chi connectivity index (χ1n) is 19.8. The van der Waals surface area contributed by atoms with E-state index in [0.29, 0.717) is 26.2 Å². The van der Waals surface area contributed by atoms with Gasteiger partial charge in [0.2, 0.25) is 11.6 Å². The van der Waals surface area contributed by atoms with Gasteiger partial charge in [0, 0.05) is 88.7 Å². The average Bonchev–Trinajstić information content (AvgIpc) is 3.20. The second kappa shape index (κ2) is 19.9. The highest BCUT2D eigenvalue weighted by Gasteiger charge is 2.40. The van der Waals surface area contributed by atoms with Gasteiger partial charge in [-0.05, 0) is 20.0 Å². The molecule has 0 saturated carbocycles. The molecule has 3 aliphatic heterocycles. The first-order chi connectivity index (χ1) is 28.1. The van der Waals surface area contributed by atoms with E-state index in [0.717, 1.165) is 0 Å². The number of halogens is 1. The number of methoxy groups -OCH3 is 1. The molecule has 6 N–H and O–H groups in total. The van der Waals surface area contributed by atoms with Crippen molar-refractivity contribution in [2.24, 2.45) is 28.8 Å². The summed E-state index contributed by atoms with van der Waals surface area (Å²) < 4.78 is 39.4. The lowest BCUT2D eigenvalue weighted by atomic mass is 9.78. The van der Waals surface area contributed by atoms with Crippen molar-refractivity contribution in [3.05, 3.63) is 53.1 Å². The normalized spacial score (nSPS) is 29.5. The van der Waals surface area contributed by atoms with Gasteiger partial charge in [0.15, 0.2) is 23.5 Å². The van der Waals surface area contributed by atoms with Gasteiger partial charge in [-0.25, -0.2) is 0 Å². The second-order valence-corrected chi connectivity index (χ2v) is 16.1. The van der Waals surface area contributed by atoms with Crippen LogP contribution in [0.5, 0.6) is 23.0 Å². The molecule has 0 aromatic heterocycles. The highest BCUT2D eigenvalue weighted by molar-refractivity contribution is 6.18. The first kappa shape index (κ1) is 47.4. The molecular formula is C43H59FN4O12. The molecule has 1 saturated heterocycles. The minimum Gasteiger partial charge on any atom is -0.506 e. The first-order valence-corrected chi connectivity index (χ1v) is 19.8. The van der Waals surface area contributed by atoms with E-state index in [-0.39, 0.29) is 17.4 Å². The number of fused-ring (bicyclic) bond motifs is 17. The topological polar surface area (TPSA) is 220 Å². The Kier molecular flexibility index (Phi) is 15.7. The Bertz CT molecular complexity index is 2030. The summed E-state index contributed by atoms with van der Waals surface area (Å²) in [6.07, 6.45) is 4.69. The van der Waals surface area contributed by atoms with Gasteiger partial charge in [0.1, 0.15) is 11.9 Å². The van der Waals surface area contributed by atoms with Crippen LogP contribution in [0.25, 0.3) is 10.8 Å². The number of carbonyl (C=O) groups is 3. The SMILES string of the molecule is CO[C@H]1/C=C/OC(C)(C)Oc2c(F)c(O)c3c(O)c(c(C=NN4CCN(C)CC4)c(O)c3c2C=O)NC(=O)/C(C)=C\C=C\[C@H](C)[C@H](O)[C@@H](C)[C@@H](O)[C@@H](C)[C@H](OC(C)=O)[C@@H]1C. The monoisotopic (exact) mass is 842 g/mol. The van der Waals surface area contributed by atoms with Crippen LogP contribution in [0.2, 0.25) is 0 Å². The number of hydrazone groups is 1. The standard InChI is InChI=1S/C43H59FN4O12/c1-22-12-11-13-23(2)42(56)46-34-28(20-45-48-17-15-47(9)16-18-48)37(53)31-29(21-49)41(33(44)38(54)32(31)39(34)55)60-43(7,8)58-19-14-30(57-10)24(3)40(59-27(6)50)26(5)36(52)25(4)35(22)51/h11-14,19-22,24-26,30,35-36,40,51-55H,15-18H2,1-10H3,(H,46,56)/b12-11+,19-14+,23-13-,45-20?/t22-,24+,25+,26+,30-,35-,36+,40+/m0/s1. The number of esters is 1. The van der Waals surface area contributed by atoms with Crippen LogP contribution in [0.3, 0.4) is 0 Å². The van der Waals surface area contributed by atoms with Crippen LogP contribution < -0.4 is 10.1 Å². The van der Waals surface area contributed by atoms with Crippen molar-refractivity contribution in [1.29, 1.82) is 0 Å². The Hall–Kier alpha value is -5.23. The molecule has 330 valence electrons. The number of likely N-dealkylation sites (N-methyl/N-ethyl adjacent to an activating group) is 1. The van der Waals surface area contributed by atoms with Gasteiger partial charge in [0.05, 0.1) is 53.0 Å². The van der Waals surface area contributed by atoms with Crippen molar-refractivity contribution >= 4 is 40.8 Å². The number of phenolic OH excluding ortho intramolecular Hbond substituents is 3. The molecule has 3 heterocycles. The lowest BCUT2D eigenvalue weighted by molar-refractivity contribution is -0.160. The molecule has 2 aromatic carbocycles. The third-order valence-electron chi connectivity index (χ3n) is 11.2. The fourth-order valence-corrected chi connectivity index (χ4v) is 7.42. The van der Waals surface area contributed by atoms with Gasteiger partial charge in [-0.1, -0.05) is 45.9 Å². The molecule has 60 heavy (non-hydrogen) atoms. The van der Waals surface area contributed by atoms with Gasteiger partial charge in [0.25, 0.3) is 5.91 Å². The number of anilines is 1. The summed E-state index contributed by atoms with van der Waals surface area (Å²) in [4.78, 5) is 40.9. The molecule has 0 radical (unpaired) electrons. The number of aldehydes is 1. The fraction of sp³-hybridized carbons (Fsp3) is 0.535. The zero-order valence-corrected chi connectivity index (χ0v) is 35.8. The second-order valence-electron chi connectivity index (χ2n) is 16.1. The van der Waals surface area contributed by atoms with E-state index in [9.17, 15) is 39.9 Å². The predicted octanol–water partition coefficient (Wildman–Crippen LogP) is 4.80. The Morgan fingerprint density at radius 1 is 0.967 bits per heavy atom. The largest absolute Gasteiger partial charge is 0.506 e. The molecule has 1 fully saturated rings. The van der Waals surface area contributed by atoms with Crippen molar-refractivity contribution < 1.29 is 63.3 Å². The van der Waals surface area contributed by atoms with Crippen LogP contribution in [0, 0.1) is 29.5 Å². The number of aliphatic hydroxyl groups excluding tert-OH is 2. The molecule has 16 nitrogen and oxygen atoms in total. The number of aromatic hydroxyl groups is 3. The number of allylic oxidation sites excluding steroid dienone is 2. The zero-order valence-electron chi connectivity index (χ0n) is 35.8. The molecular weight excluding hydrogens is 783 g/mol. The van der Waals surface area contributed by atoms with Crippen molar-refractivity contribution in [1.82, 2.24) is 9.91 Å². The molecule has 2 aromatic rings. The molecule has 4 bridgehead atoms. The number of hydrogen-bond acceptors (Lipinski definition) is 15. The summed E-state index contributed by atoms with van der Waals surface area (Å²) in [7, 11) is 3.37. The molecule has 0 unspecified atom stereocenters. The van der Waals surface area contributed by atoms with E-state index in [4.69, 9.17) is 18.9 Å². The minimum atomic E-state index is -1.78. The van der Waals surface area contributed by atoms with Gasteiger partial charge in [-0.3, -0.25) is 19.4 Å². The Balaban J connectivity index is 1.95. The van der Waals surface area contributed by atoms with E-state index in [1.165, 1.54) is 65.5 Å². The van der Waals surface area contributed by atoms with Crippen LogP contribution in [0.1, 0.15) is 71.3 Å². The molecule has 17 heteroatoms. The smallest absolute Gasteiger partial charge is 0.302 e. The van der Waals surface area contributed by atoms with Crippen LogP contribution in [-0.2, 0) is 23.8 Å². The number of phenols is 3. The van der Waals surface area contributed by atoms with Crippen molar-refractivity contribution in [2.75, 3.05) is 45.7 Å². The van der Waals surface area contributed by atoms with Crippen LogP contribution in [-0.4, -0.2) is 130 Å². The van der Waals surface area contributed by atoms with Gasteiger partial charge < -0.3 is 54.7 Å². The van der Waals surface area contributed by atoms with Crippen LogP contribution in [0.15, 0.2) is 41.2 Å². The van der Waals surface area contributed by atoms with Crippen LogP contribution in [0.4, 0.5) is 10.1 Å². The molecule has 1 amide bonds. The third kappa shape index (κ3) is 10.6. The molecule has 5 rings (SSSR count). The van der Waals surface area contributed by atoms with Gasteiger partial charge in [-0.15, -0.1) is 0 Å². The van der Waals surface area contributed by atoms with Crippen molar-refractivity contribution in [2.45, 2.75) is 85.6 Å². The fourth-order valence-electron chi connectivity index (χ4n) is 7.42. The summed E-state index contributed by atoms with van der Waals surface area (Å²) in [5.74, 6) is -10.8. The summed E-state index contributed by atoms with van der Waals surface area (Å²) >= 11 is 0. The zero-order chi connectivity index (χ0) is 44.8. The maximum absolute atomic E-state index is 16.2. The van der Waals surface area contributed by atoms with Gasteiger partial charge in [-0.2, -0.15) is 9.49 Å². The maximum Gasteiger partial charge on any atom is 0.302 e. The quantitative estimate of drug-likeness (QED) is 0.0784. The third-order valence-corrected chi connectivity index (χ3v) is 11.2. The number of nitrogens with zero attached hydrogens (tertiary/aromatic N) is 3. The Labute approximate surface area is 349 Å². The number of ether oxygens (including phenoxy) is 4. The Morgan fingerprint density at radius 2 is 1.62 bits per heavy atom. The Morgan fingerprint density at radius 3 is 2.22 bits per heavy atom. The van der Waals surface area contributed by atoms with E-state index < -0.39 is 117 Å². The number of nitrogens with one attached hydrogen (secondary N) is 1. The number of aliphatic hydroxyl groups is 2. The molecule has 3 aliphatic rings. The molecule has 0 spiro atoms. The number of carbonyl (C=O) groups excluding carboxylic acids is 3.